The third-order valence-corrected chi connectivity index (χ3v) is 4.92. The first-order chi connectivity index (χ1) is 9.88. The van der Waals surface area contributed by atoms with Gasteiger partial charge in [-0.2, -0.15) is 0 Å². The molecule has 1 aromatic carbocycles. The molecule has 0 unspecified atom stereocenters. The number of anilines is 1. The molecule has 1 aromatic rings. The van der Waals surface area contributed by atoms with Crippen molar-refractivity contribution >= 4 is 21.6 Å². The van der Waals surface area contributed by atoms with Gasteiger partial charge in [0.05, 0.1) is 4.90 Å². The molecule has 4 N–H and O–H groups in total. The number of hydrogen-bond donors (Lipinski definition) is 3. The molecule has 1 fully saturated rings. The van der Waals surface area contributed by atoms with Gasteiger partial charge < -0.3 is 11.1 Å². The van der Waals surface area contributed by atoms with Crippen molar-refractivity contribution in [2.75, 3.05) is 12.3 Å². The summed E-state index contributed by atoms with van der Waals surface area (Å²) < 4.78 is 26.8. The minimum atomic E-state index is -3.58. The fourth-order valence-electron chi connectivity index (χ4n) is 1.97. The van der Waals surface area contributed by atoms with Gasteiger partial charge in [0, 0.05) is 24.7 Å². The van der Waals surface area contributed by atoms with Crippen molar-refractivity contribution < 1.29 is 13.2 Å². The van der Waals surface area contributed by atoms with Crippen LogP contribution >= 0.6 is 0 Å². The van der Waals surface area contributed by atoms with Gasteiger partial charge in [0.1, 0.15) is 0 Å². The van der Waals surface area contributed by atoms with E-state index >= 15 is 0 Å². The molecule has 0 saturated heterocycles. The van der Waals surface area contributed by atoms with Crippen molar-refractivity contribution in [2.24, 2.45) is 0 Å². The molecule has 2 rings (SSSR count). The van der Waals surface area contributed by atoms with E-state index < -0.39 is 10.0 Å². The second-order valence-electron chi connectivity index (χ2n) is 5.37. The highest BCUT2D eigenvalue weighted by molar-refractivity contribution is 7.89. The number of rotatable bonds is 7. The van der Waals surface area contributed by atoms with Gasteiger partial charge in [0.2, 0.25) is 15.9 Å². The molecule has 1 aliphatic carbocycles. The average molecular weight is 311 g/mol. The highest BCUT2D eigenvalue weighted by Gasteiger charge is 2.23. The molecular weight excluding hydrogens is 290 g/mol. The maximum absolute atomic E-state index is 12.2. The molecule has 1 amide bonds. The van der Waals surface area contributed by atoms with Gasteiger partial charge in [-0.3, -0.25) is 4.79 Å². The van der Waals surface area contributed by atoms with Crippen LogP contribution in [0.2, 0.25) is 0 Å². The second-order valence-corrected chi connectivity index (χ2v) is 7.10. The Morgan fingerprint density at radius 3 is 2.76 bits per heavy atom. The first-order valence-corrected chi connectivity index (χ1v) is 8.52. The van der Waals surface area contributed by atoms with Crippen molar-refractivity contribution in [3.63, 3.8) is 0 Å². The smallest absolute Gasteiger partial charge is 0.240 e. The molecule has 0 bridgehead atoms. The maximum atomic E-state index is 12.2. The number of amides is 1. The van der Waals surface area contributed by atoms with Crippen molar-refractivity contribution in [1.82, 2.24) is 10.0 Å². The minimum absolute atomic E-state index is 0.0168. The molecule has 7 heteroatoms. The quantitative estimate of drug-likeness (QED) is 0.514. The third kappa shape index (κ3) is 4.71. The third-order valence-electron chi connectivity index (χ3n) is 3.32. The van der Waals surface area contributed by atoms with E-state index in [-0.39, 0.29) is 17.3 Å². The number of benzene rings is 1. The van der Waals surface area contributed by atoms with E-state index in [9.17, 15) is 13.2 Å². The summed E-state index contributed by atoms with van der Waals surface area (Å²) >= 11 is 0. The number of hydrogen-bond acceptors (Lipinski definition) is 4. The monoisotopic (exact) mass is 311 g/mol. The number of aryl methyl sites for hydroxylation is 1. The lowest BCUT2D eigenvalue weighted by Crippen LogP contribution is -2.28. The predicted octanol–water partition coefficient (Wildman–Crippen LogP) is 0.914. The zero-order chi connectivity index (χ0) is 15.5. The fourth-order valence-corrected chi connectivity index (χ4v) is 3.32. The Morgan fingerprint density at radius 1 is 1.38 bits per heavy atom. The largest absolute Gasteiger partial charge is 0.399 e. The van der Waals surface area contributed by atoms with Crippen LogP contribution in [0.3, 0.4) is 0 Å². The predicted molar refractivity (Wildman–Crippen MR) is 81.2 cm³/mol. The van der Waals surface area contributed by atoms with E-state index in [2.05, 4.69) is 10.0 Å². The number of carbonyl (C=O) groups excluding carboxylic acids is 1. The van der Waals surface area contributed by atoms with E-state index in [1.54, 1.807) is 19.1 Å². The summed E-state index contributed by atoms with van der Waals surface area (Å²) in [4.78, 5) is 11.7. The lowest BCUT2D eigenvalue weighted by atomic mass is 10.2. The standard InChI is InChI=1S/C14H21N3O3S/c1-10-4-5-11(15)9-13(10)21(19,20)16-8-2-3-14(18)17-12-6-7-12/h4-5,9,12,16H,2-3,6-8,15H2,1H3,(H,17,18). The van der Waals surface area contributed by atoms with E-state index in [1.807, 2.05) is 0 Å². The van der Waals surface area contributed by atoms with Crippen molar-refractivity contribution in [2.45, 2.75) is 43.5 Å². The Morgan fingerprint density at radius 2 is 2.10 bits per heavy atom. The lowest BCUT2D eigenvalue weighted by molar-refractivity contribution is -0.121. The number of sulfonamides is 1. The van der Waals surface area contributed by atoms with Crippen molar-refractivity contribution in [3.05, 3.63) is 23.8 Å². The molecule has 21 heavy (non-hydrogen) atoms. The SMILES string of the molecule is Cc1ccc(N)cc1S(=O)(=O)NCCCC(=O)NC1CC1. The van der Waals surface area contributed by atoms with Gasteiger partial charge in [0.15, 0.2) is 0 Å². The van der Waals surface area contributed by atoms with Crippen LogP contribution < -0.4 is 15.8 Å². The van der Waals surface area contributed by atoms with Crippen LogP contribution in [0.5, 0.6) is 0 Å². The number of nitrogen functional groups attached to an aromatic ring is 1. The second kappa shape index (κ2) is 6.44. The van der Waals surface area contributed by atoms with E-state index in [4.69, 9.17) is 5.73 Å². The molecule has 0 spiro atoms. The number of nitrogens with two attached hydrogens (primary N) is 1. The number of carbonyl (C=O) groups is 1. The first-order valence-electron chi connectivity index (χ1n) is 7.03. The van der Waals surface area contributed by atoms with Gasteiger partial charge in [-0.25, -0.2) is 13.1 Å². The van der Waals surface area contributed by atoms with E-state index in [0.29, 0.717) is 30.1 Å². The molecule has 1 saturated carbocycles. The van der Waals surface area contributed by atoms with Gasteiger partial charge in [-0.1, -0.05) is 6.07 Å². The van der Waals surface area contributed by atoms with Crippen LogP contribution in [0.4, 0.5) is 5.69 Å². The van der Waals surface area contributed by atoms with Crippen molar-refractivity contribution in [1.29, 1.82) is 0 Å². The van der Waals surface area contributed by atoms with Crippen LogP contribution in [0.15, 0.2) is 23.1 Å². The summed E-state index contributed by atoms with van der Waals surface area (Å²) in [6, 6.07) is 5.12. The summed E-state index contributed by atoms with van der Waals surface area (Å²) in [7, 11) is -3.58. The van der Waals surface area contributed by atoms with Crippen LogP contribution in [0, 0.1) is 6.92 Å². The molecule has 6 nitrogen and oxygen atoms in total. The zero-order valence-corrected chi connectivity index (χ0v) is 12.9. The van der Waals surface area contributed by atoms with E-state index in [1.165, 1.54) is 6.07 Å². The van der Waals surface area contributed by atoms with Crippen LogP contribution in [-0.4, -0.2) is 26.9 Å². The Kier molecular flexibility index (Phi) is 4.84. The van der Waals surface area contributed by atoms with Gasteiger partial charge in [0.25, 0.3) is 0 Å². The highest BCUT2D eigenvalue weighted by Crippen LogP contribution is 2.19. The fraction of sp³-hybridized carbons (Fsp3) is 0.500. The average Bonchev–Trinajstić information content (AvgIpc) is 3.21. The Bertz CT molecular complexity index is 624. The molecule has 0 aromatic heterocycles. The Balaban J connectivity index is 1.83. The molecular formula is C14H21N3O3S. The van der Waals surface area contributed by atoms with Crippen LogP contribution in [0.1, 0.15) is 31.2 Å². The van der Waals surface area contributed by atoms with Crippen LogP contribution in [-0.2, 0) is 14.8 Å². The maximum Gasteiger partial charge on any atom is 0.240 e. The van der Waals surface area contributed by atoms with Crippen molar-refractivity contribution in [3.8, 4) is 0 Å². The Labute approximate surface area is 125 Å². The summed E-state index contributed by atoms with van der Waals surface area (Å²) in [5, 5.41) is 2.87. The minimum Gasteiger partial charge on any atom is -0.399 e. The lowest BCUT2D eigenvalue weighted by Gasteiger charge is -2.10. The Hall–Kier alpha value is -1.60. The highest BCUT2D eigenvalue weighted by atomic mass is 32.2. The first kappa shape index (κ1) is 15.8. The zero-order valence-electron chi connectivity index (χ0n) is 12.1. The van der Waals surface area contributed by atoms with Gasteiger partial charge in [-0.05, 0) is 43.9 Å². The topological polar surface area (TPSA) is 101 Å². The summed E-state index contributed by atoms with van der Waals surface area (Å²) in [6.07, 6.45) is 2.90. The molecule has 0 radical (unpaired) electrons. The molecule has 0 heterocycles. The van der Waals surface area contributed by atoms with E-state index in [0.717, 1.165) is 12.8 Å². The summed E-state index contributed by atoms with van der Waals surface area (Å²) in [5.74, 6) is -0.0168. The summed E-state index contributed by atoms with van der Waals surface area (Å²) in [5.41, 5.74) is 6.67. The van der Waals surface area contributed by atoms with Gasteiger partial charge in [-0.15, -0.1) is 0 Å². The molecule has 1 aliphatic rings. The number of nitrogens with one attached hydrogen (secondary N) is 2. The molecule has 0 atom stereocenters. The van der Waals surface area contributed by atoms with Crippen LogP contribution in [0.25, 0.3) is 0 Å². The molecule has 116 valence electrons. The molecule has 0 aliphatic heterocycles. The van der Waals surface area contributed by atoms with Gasteiger partial charge >= 0.3 is 0 Å². The summed E-state index contributed by atoms with van der Waals surface area (Å²) in [6.45, 7) is 1.95. The normalized spacial score (nSPS) is 14.9.